The Balaban J connectivity index is 1.37. The molecule has 1 aromatic carbocycles. The third-order valence-electron chi connectivity index (χ3n) is 7.00. The zero-order valence-corrected chi connectivity index (χ0v) is 22.7. The van der Waals surface area contributed by atoms with Crippen molar-refractivity contribution in [2.45, 2.75) is 70.6 Å². The van der Waals surface area contributed by atoms with E-state index in [0.717, 1.165) is 12.0 Å². The molecule has 12 heteroatoms. The van der Waals surface area contributed by atoms with Crippen LogP contribution in [-0.4, -0.2) is 78.3 Å². The van der Waals surface area contributed by atoms with Gasteiger partial charge in [0.25, 0.3) is 5.91 Å². The van der Waals surface area contributed by atoms with E-state index >= 15 is 0 Å². The summed E-state index contributed by atoms with van der Waals surface area (Å²) in [6.45, 7) is 3.72. The lowest BCUT2D eigenvalue weighted by atomic mass is 10.1. The van der Waals surface area contributed by atoms with Crippen LogP contribution in [0.25, 0.3) is 0 Å². The number of rotatable bonds is 11. The second-order valence-corrected chi connectivity index (χ2v) is 9.80. The van der Waals surface area contributed by atoms with E-state index < -0.39 is 29.9 Å². The van der Waals surface area contributed by atoms with Crippen molar-refractivity contribution in [1.29, 1.82) is 0 Å². The molecule has 3 amide bonds. The normalized spacial score (nSPS) is 17.0. The molecular formula is C28H34N8O4. The number of tetrazole rings is 1. The van der Waals surface area contributed by atoms with E-state index in [1.165, 1.54) is 15.8 Å². The molecule has 40 heavy (non-hydrogen) atoms. The minimum absolute atomic E-state index is 0.0907. The number of hydrogen-bond acceptors (Lipinski definition) is 8. The van der Waals surface area contributed by atoms with E-state index in [9.17, 15) is 19.2 Å². The Morgan fingerprint density at radius 2 is 1.85 bits per heavy atom. The molecule has 0 saturated carbocycles. The third kappa shape index (κ3) is 7.13. The number of hydrogen-bond donors (Lipinski definition) is 2. The highest BCUT2D eigenvalue weighted by molar-refractivity contribution is 5.97. The number of pyridine rings is 1. The van der Waals surface area contributed by atoms with Crippen molar-refractivity contribution in [2.24, 2.45) is 0 Å². The minimum Gasteiger partial charge on any atom is -0.344 e. The van der Waals surface area contributed by atoms with Gasteiger partial charge in [-0.15, -0.1) is 5.10 Å². The first-order valence-corrected chi connectivity index (χ1v) is 13.5. The quantitative estimate of drug-likeness (QED) is 0.365. The lowest BCUT2D eigenvalue weighted by Gasteiger charge is -2.30. The van der Waals surface area contributed by atoms with Gasteiger partial charge in [0, 0.05) is 19.2 Å². The van der Waals surface area contributed by atoms with E-state index in [1.807, 2.05) is 30.3 Å². The molecule has 3 heterocycles. The van der Waals surface area contributed by atoms with Crippen LogP contribution in [0.2, 0.25) is 0 Å². The van der Waals surface area contributed by atoms with Gasteiger partial charge < -0.3 is 15.5 Å². The van der Waals surface area contributed by atoms with Gasteiger partial charge in [-0.2, -0.15) is 0 Å². The second-order valence-electron chi connectivity index (χ2n) is 9.80. The Kier molecular flexibility index (Phi) is 9.66. The van der Waals surface area contributed by atoms with Crippen molar-refractivity contribution in [3.8, 4) is 0 Å². The molecule has 12 nitrogen and oxygen atoms in total. The van der Waals surface area contributed by atoms with Crippen LogP contribution in [0.5, 0.6) is 0 Å². The highest BCUT2D eigenvalue weighted by Gasteiger charge is 2.35. The maximum atomic E-state index is 13.4. The van der Waals surface area contributed by atoms with E-state index in [0.29, 0.717) is 38.1 Å². The average molecular weight is 547 g/mol. The number of amides is 3. The molecule has 3 aromatic rings. The number of benzene rings is 1. The molecule has 1 saturated heterocycles. The topological polar surface area (TPSA) is 152 Å². The first-order valence-electron chi connectivity index (χ1n) is 13.5. The van der Waals surface area contributed by atoms with Crippen LogP contribution in [0.3, 0.4) is 0 Å². The van der Waals surface area contributed by atoms with Gasteiger partial charge in [0.2, 0.25) is 11.8 Å². The molecule has 0 aliphatic carbocycles. The Hall–Kier alpha value is -4.48. The second kappa shape index (κ2) is 13.5. The van der Waals surface area contributed by atoms with Crippen LogP contribution in [-0.2, 0) is 27.3 Å². The molecule has 2 N–H and O–H groups in total. The van der Waals surface area contributed by atoms with Crippen LogP contribution in [0, 0.1) is 0 Å². The Labute approximate surface area is 232 Å². The predicted molar refractivity (Wildman–Crippen MR) is 145 cm³/mol. The van der Waals surface area contributed by atoms with Gasteiger partial charge in [0.15, 0.2) is 11.6 Å². The number of likely N-dealkylation sites (tertiary alicyclic amines) is 1. The van der Waals surface area contributed by atoms with Crippen molar-refractivity contribution in [3.63, 3.8) is 0 Å². The standard InChI is InChI=1S/C28H34N8O4/c1-3-21(24(37)18-36-25(32-33-34-36)17-20-11-5-4-6-12-20)30-26(38)19(2)35-16-10-8-14-23(28(35)40)31-27(39)22-13-7-9-15-29-22/h4-7,9,11-13,15,19,21,23H,3,8,10,14,16-18H2,1-2H3,(H,30,38)(H,31,39)/t19?,21?,23-/m0/s1. The summed E-state index contributed by atoms with van der Waals surface area (Å²) in [5.74, 6) is -0.909. The lowest BCUT2D eigenvalue weighted by molar-refractivity contribution is -0.141. The molecular weight excluding hydrogens is 512 g/mol. The van der Waals surface area contributed by atoms with Crippen LogP contribution >= 0.6 is 0 Å². The van der Waals surface area contributed by atoms with Crippen LogP contribution in [0.15, 0.2) is 54.7 Å². The predicted octanol–water partition coefficient (Wildman–Crippen LogP) is 1.32. The van der Waals surface area contributed by atoms with Gasteiger partial charge in [-0.3, -0.25) is 24.2 Å². The molecule has 0 spiro atoms. The summed E-state index contributed by atoms with van der Waals surface area (Å²) in [5.41, 5.74) is 1.23. The highest BCUT2D eigenvalue weighted by atomic mass is 16.2. The maximum Gasteiger partial charge on any atom is 0.270 e. The number of ketones is 1. The van der Waals surface area contributed by atoms with Gasteiger partial charge in [0.05, 0.1) is 6.04 Å². The summed E-state index contributed by atoms with van der Waals surface area (Å²) in [5, 5.41) is 17.3. The number of Topliss-reactive ketones (excluding diaryl/α,β-unsaturated/α-hetero) is 1. The van der Waals surface area contributed by atoms with E-state index in [2.05, 4.69) is 31.1 Å². The highest BCUT2D eigenvalue weighted by Crippen LogP contribution is 2.16. The zero-order valence-electron chi connectivity index (χ0n) is 22.7. The van der Waals surface area contributed by atoms with Gasteiger partial charge in [0.1, 0.15) is 24.3 Å². The summed E-state index contributed by atoms with van der Waals surface area (Å²) in [4.78, 5) is 57.9. The van der Waals surface area contributed by atoms with Crippen LogP contribution in [0.1, 0.15) is 61.4 Å². The van der Waals surface area contributed by atoms with Gasteiger partial charge >= 0.3 is 0 Å². The van der Waals surface area contributed by atoms with Gasteiger partial charge in [-0.1, -0.05) is 43.3 Å². The number of nitrogens with one attached hydrogen (secondary N) is 2. The third-order valence-corrected chi connectivity index (χ3v) is 7.00. The summed E-state index contributed by atoms with van der Waals surface area (Å²) in [6, 6.07) is 12.3. The van der Waals surface area contributed by atoms with Crippen molar-refractivity contribution in [2.75, 3.05) is 6.54 Å². The molecule has 1 fully saturated rings. The summed E-state index contributed by atoms with van der Waals surface area (Å²) in [7, 11) is 0. The monoisotopic (exact) mass is 546 g/mol. The number of nitrogens with zero attached hydrogens (tertiary/aromatic N) is 6. The fourth-order valence-electron chi connectivity index (χ4n) is 4.67. The molecule has 0 radical (unpaired) electrons. The molecule has 4 rings (SSSR count). The van der Waals surface area contributed by atoms with Crippen molar-refractivity contribution in [3.05, 3.63) is 71.8 Å². The smallest absolute Gasteiger partial charge is 0.270 e. The van der Waals surface area contributed by atoms with Crippen LogP contribution < -0.4 is 10.6 Å². The first-order chi connectivity index (χ1) is 19.4. The fraction of sp³-hybridized carbons (Fsp3) is 0.429. The van der Waals surface area contributed by atoms with E-state index in [4.69, 9.17) is 0 Å². The van der Waals surface area contributed by atoms with Crippen molar-refractivity contribution < 1.29 is 19.2 Å². The van der Waals surface area contributed by atoms with Crippen LogP contribution in [0.4, 0.5) is 0 Å². The Bertz CT molecular complexity index is 1310. The molecule has 0 bridgehead atoms. The molecule has 210 valence electrons. The molecule has 2 aromatic heterocycles. The SMILES string of the molecule is CCC(NC(=O)C(C)N1CCCC[C@H](NC(=O)c2ccccn2)C1=O)C(=O)Cn1nnnc1Cc1ccccc1. The zero-order chi connectivity index (χ0) is 28.5. The van der Waals surface area contributed by atoms with E-state index in [-0.39, 0.29) is 23.9 Å². The van der Waals surface area contributed by atoms with Crippen molar-refractivity contribution in [1.82, 2.24) is 40.7 Å². The van der Waals surface area contributed by atoms with Crippen molar-refractivity contribution >= 4 is 23.5 Å². The Morgan fingerprint density at radius 1 is 1.07 bits per heavy atom. The Morgan fingerprint density at radius 3 is 2.58 bits per heavy atom. The molecule has 3 atom stereocenters. The fourth-order valence-corrected chi connectivity index (χ4v) is 4.67. The first kappa shape index (κ1) is 28.5. The number of carbonyl (C=O) groups excluding carboxylic acids is 4. The summed E-state index contributed by atoms with van der Waals surface area (Å²) < 4.78 is 1.45. The van der Waals surface area contributed by atoms with Gasteiger partial charge in [-0.05, 0) is 60.7 Å². The number of aromatic nitrogens is 5. The van der Waals surface area contributed by atoms with Gasteiger partial charge in [-0.25, -0.2) is 4.68 Å². The van der Waals surface area contributed by atoms with E-state index in [1.54, 1.807) is 32.0 Å². The molecule has 2 unspecified atom stereocenters. The largest absolute Gasteiger partial charge is 0.344 e. The summed E-state index contributed by atoms with van der Waals surface area (Å²) in [6.07, 6.45) is 4.23. The lowest BCUT2D eigenvalue weighted by Crippen LogP contribution is -2.56. The summed E-state index contributed by atoms with van der Waals surface area (Å²) >= 11 is 0. The molecule has 1 aliphatic heterocycles. The maximum absolute atomic E-state index is 13.4. The number of carbonyl (C=O) groups is 4. The molecule has 1 aliphatic rings. The minimum atomic E-state index is -0.830. The average Bonchev–Trinajstić information content (AvgIpc) is 3.32.